The van der Waals surface area contributed by atoms with Crippen molar-refractivity contribution < 1.29 is 14.7 Å². The fourth-order valence-electron chi connectivity index (χ4n) is 2.43. The van der Waals surface area contributed by atoms with Gasteiger partial charge in [0.05, 0.1) is 10.9 Å². The zero-order chi connectivity index (χ0) is 18.6. The molecule has 0 saturated carbocycles. The van der Waals surface area contributed by atoms with Gasteiger partial charge in [-0.3, -0.25) is 9.59 Å². The number of aliphatic carboxylic acids is 1. The van der Waals surface area contributed by atoms with Crippen LogP contribution in [0.3, 0.4) is 0 Å². The van der Waals surface area contributed by atoms with Crippen molar-refractivity contribution in [3.8, 4) is 0 Å². The van der Waals surface area contributed by atoms with Gasteiger partial charge in [0.1, 0.15) is 12.1 Å². The number of aromatic nitrogens is 2. The number of H-pyrrole nitrogens is 1. The molecule has 0 aliphatic rings. The fourth-order valence-corrected chi connectivity index (χ4v) is 2.90. The summed E-state index contributed by atoms with van der Waals surface area (Å²) < 4.78 is 0.797. The van der Waals surface area contributed by atoms with E-state index in [9.17, 15) is 24.3 Å². The normalized spacial score (nSPS) is 13.4. The third-order valence-electron chi connectivity index (χ3n) is 3.83. The molecule has 3 N–H and O–H groups in total. The van der Waals surface area contributed by atoms with Crippen LogP contribution in [0.15, 0.2) is 33.9 Å². The number of carbonyl (C=O) groups is 2. The number of carbonyl (C=O) groups excluding carboxylic acids is 1. The summed E-state index contributed by atoms with van der Waals surface area (Å²) in [6.07, 6.45) is 2.08. The average molecular weight is 365 g/mol. The second kappa shape index (κ2) is 8.02. The van der Waals surface area contributed by atoms with Gasteiger partial charge in [-0.25, -0.2) is 14.2 Å². The molecule has 0 aliphatic carbocycles. The zero-order valence-electron chi connectivity index (χ0n) is 13.8. The number of nitrogens with one attached hydrogen (secondary N) is 2. The molecule has 2 aromatic rings. The molecule has 1 aromatic carbocycles. The van der Waals surface area contributed by atoms with Crippen LogP contribution in [-0.4, -0.2) is 44.6 Å². The number of aromatic amines is 1. The van der Waals surface area contributed by atoms with Gasteiger partial charge in [-0.15, -0.1) is 0 Å². The first-order valence-corrected chi connectivity index (χ1v) is 9.02. The number of hydrogen-bond acceptors (Lipinski definition) is 5. The molecule has 0 saturated heterocycles. The first-order chi connectivity index (χ1) is 11.9. The quantitative estimate of drug-likeness (QED) is 0.660. The number of carboxylic acids is 1. The lowest BCUT2D eigenvalue weighted by atomic mass is 10.2. The van der Waals surface area contributed by atoms with Gasteiger partial charge in [0.2, 0.25) is 5.91 Å². The average Bonchev–Trinajstić information content (AvgIpc) is 2.57. The molecule has 8 nitrogen and oxygen atoms in total. The van der Waals surface area contributed by atoms with Gasteiger partial charge in [-0.05, 0) is 37.5 Å². The van der Waals surface area contributed by atoms with E-state index in [0.717, 1.165) is 4.57 Å². The van der Waals surface area contributed by atoms with E-state index in [4.69, 9.17) is 0 Å². The molecule has 0 fully saturated rings. The number of carboxylic acid groups (broad SMARTS) is 1. The lowest BCUT2D eigenvalue weighted by molar-refractivity contribution is -0.142. The van der Waals surface area contributed by atoms with Crippen molar-refractivity contribution in [1.82, 2.24) is 14.9 Å². The summed E-state index contributed by atoms with van der Waals surface area (Å²) in [6, 6.07) is 4.26. The first-order valence-electron chi connectivity index (χ1n) is 7.62. The Bertz CT molecular complexity index is 905. The Morgan fingerprint density at radius 3 is 2.64 bits per heavy atom. The summed E-state index contributed by atoms with van der Waals surface area (Å²) in [4.78, 5) is 50.9. The molecule has 0 bridgehead atoms. The Balaban J connectivity index is 2.33. The van der Waals surface area contributed by atoms with E-state index >= 15 is 0 Å². The molecule has 134 valence electrons. The minimum absolute atomic E-state index is 0.248. The number of benzene rings is 1. The van der Waals surface area contributed by atoms with E-state index in [1.807, 2.05) is 6.26 Å². The molecule has 1 aromatic heterocycles. The molecule has 2 rings (SSSR count). The second-order valence-electron chi connectivity index (χ2n) is 5.51. The van der Waals surface area contributed by atoms with Gasteiger partial charge in [0.25, 0.3) is 5.56 Å². The molecule has 9 heteroatoms. The first kappa shape index (κ1) is 18.8. The Kier molecular flexibility index (Phi) is 6.02. The Morgan fingerprint density at radius 2 is 2.00 bits per heavy atom. The van der Waals surface area contributed by atoms with E-state index in [-0.39, 0.29) is 11.8 Å². The van der Waals surface area contributed by atoms with Crippen molar-refractivity contribution in [1.29, 1.82) is 0 Å². The maximum absolute atomic E-state index is 12.5. The molecule has 2 atom stereocenters. The van der Waals surface area contributed by atoms with Crippen molar-refractivity contribution in [2.75, 3.05) is 12.0 Å². The summed E-state index contributed by atoms with van der Waals surface area (Å²) >= 11 is 1.46. The number of para-hydroxylation sites is 1. The van der Waals surface area contributed by atoms with Crippen LogP contribution in [0.1, 0.15) is 19.4 Å². The molecule has 0 spiro atoms. The number of rotatable bonds is 7. The molecule has 25 heavy (non-hydrogen) atoms. The number of amides is 1. The highest BCUT2D eigenvalue weighted by molar-refractivity contribution is 7.98. The predicted molar refractivity (Wildman–Crippen MR) is 96.1 cm³/mol. The maximum Gasteiger partial charge on any atom is 0.329 e. The summed E-state index contributed by atoms with van der Waals surface area (Å²) in [7, 11) is 0. The SMILES string of the molecule is CSCCC(NC(=O)C(C)n1c(=O)[nH]c2ccccc2c1=O)C(=O)O. The number of hydrogen-bond donors (Lipinski definition) is 3. The van der Waals surface area contributed by atoms with Crippen LogP contribution < -0.4 is 16.6 Å². The third-order valence-corrected chi connectivity index (χ3v) is 4.47. The summed E-state index contributed by atoms with van der Waals surface area (Å²) in [5, 5.41) is 11.9. The Hall–Kier alpha value is -2.55. The molecular weight excluding hydrogens is 346 g/mol. The van der Waals surface area contributed by atoms with Gasteiger partial charge in [0.15, 0.2) is 0 Å². The zero-order valence-corrected chi connectivity index (χ0v) is 14.6. The van der Waals surface area contributed by atoms with Crippen molar-refractivity contribution in [3.05, 3.63) is 45.1 Å². The lowest BCUT2D eigenvalue weighted by Gasteiger charge is -2.18. The highest BCUT2D eigenvalue weighted by atomic mass is 32.2. The molecular formula is C16H19N3O5S. The van der Waals surface area contributed by atoms with Crippen molar-refractivity contribution in [3.63, 3.8) is 0 Å². The van der Waals surface area contributed by atoms with Crippen LogP contribution in [0.5, 0.6) is 0 Å². The van der Waals surface area contributed by atoms with E-state index in [0.29, 0.717) is 11.3 Å². The highest BCUT2D eigenvalue weighted by Crippen LogP contribution is 2.08. The van der Waals surface area contributed by atoms with E-state index in [2.05, 4.69) is 10.3 Å². The highest BCUT2D eigenvalue weighted by Gasteiger charge is 2.25. The van der Waals surface area contributed by atoms with Gasteiger partial charge < -0.3 is 15.4 Å². The van der Waals surface area contributed by atoms with Crippen LogP contribution in [0.4, 0.5) is 0 Å². The largest absolute Gasteiger partial charge is 0.480 e. The Morgan fingerprint density at radius 1 is 1.32 bits per heavy atom. The van der Waals surface area contributed by atoms with Gasteiger partial charge in [0, 0.05) is 0 Å². The smallest absolute Gasteiger partial charge is 0.329 e. The summed E-state index contributed by atoms with van der Waals surface area (Å²) in [5.41, 5.74) is -0.940. The van der Waals surface area contributed by atoms with Crippen molar-refractivity contribution >= 4 is 34.5 Å². The second-order valence-corrected chi connectivity index (χ2v) is 6.49. The van der Waals surface area contributed by atoms with Crippen LogP contribution in [0.25, 0.3) is 10.9 Å². The minimum atomic E-state index is -1.16. The molecule has 1 amide bonds. The van der Waals surface area contributed by atoms with Crippen LogP contribution in [0.2, 0.25) is 0 Å². The predicted octanol–water partition coefficient (Wildman–Crippen LogP) is 0.573. The standard InChI is InChI=1S/C16H19N3O5S/c1-9(13(20)17-12(15(22)23)7-8-25-2)19-14(21)10-5-3-4-6-11(10)18-16(19)24/h3-6,9,12H,7-8H2,1-2H3,(H,17,20)(H,18,24)(H,22,23). The van der Waals surface area contributed by atoms with Crippen LogP contribution in [0, 0.1) is 0 Å². The maximum atomic E-state index is 12.5. The molecule has 0 radical (unpaired) electrons. The monoisotopic (exact) mass is 365 g/mol. The van der Waals surface area contributed by atoms with E-state index in [1.54, 1.807) is 24.3 Å². The number of thioether (sulfide) groups is 1. The Labute approximate surface area is 147 Å². The third kappa shape index (κ3) is 4.11. The van der Waals surface area contributed by atoms with Gasteiger partial charge in [-0.1, -0.05) is 12.1 Å². The van der Waals surface area contributed by atoms with Crippen LogP contribution in [-0.2, 0) is 9.59 Å². The molecule has 2 unspecified atom stereocenters. The van der Waals surface area contributed by atoms with Crippen LogP contribution >= 0.6 is 11.8 Å². The number of nitrogens with zero attached hydrogens (tertiary/aromatic N) is 1. The van der Waals surface area contributed by atoms with E-state index < -0.39 is 35.2 Å². The van der Waals surface area contributed by atoms with Crippen molar-refractivity contribution in [2.24, 2.45) is 0 Å². The number of fused-ring (bicyclic) bond motifs is 1. The summed E-state index contributed by atoms with van der Waals surface area (Å²) in [5.74, 6) is -1.30. The topological polar surface area (TPSA) is 121 Å². The minimum Gasteiger partial charge on any atom is -0.480 e. The summed E-state index contributed by atoms with van der Waals surface area (Å²) in [6.45, 7) is 1.38. The van der Waals surface area contributed by atoms with Gasteiger partial charge >= 0.3 is 11.7 Å². The van der Waals surface area contributed by atoms with Gasteiger partial charge in [-0.2, -0.15) is 11.8 Å². The molecule has 1 heterocycles. The van der Waals surface area contributed by atoms with Crippen molar-refractivity contribution in [2.45, 2.75) is 25.4 Å². The molecule has 0 aliphatic heterocycles. The lowest BCUT2D eigenvalue weighted by Crippen LogP contribution is -2.48. The van der Waals surface area contributed by atoms with E-state index in [1.165, 1.54) is 18.7 Å². The fraction of sp³-hybridized carbons (Fsp3) is 0.375.